The zero-order chi connectivity index (χ0) is 19.7. The molecule has 3 aromatic rings. The van der Waals surface area contributed by atoms with Gasteiger partial charge < -0.3 is 18.6 Å². The fourth-order valence-corrected chi connectivity index (χ4v) is 2.78. The molecule has 1 aliphatic heterocycles. The van der Waals surface area contributed by atoms with E-state index in [9.17, 15) is 9.59 Å². The summed E-state index contributed by atoms with van der Waals surface area (Å²) in [7, 11) is 1.55. The highest BCUT2D eigenvalue weighted by molar-refractivity contribution is 6.14. The molecule has 0 saturated carbocycles. The number of hydrogen-bond donors (Lipinski definition) is 0. The van der Waals surface area contributed by atoms with Crippen molar-refractivity contribution >= 4 is 17.8 Å². The Morgan fingerprint density at radius 1 is 1.00 bits per heavy atom. The summed E-state index contributed by atoms with van der Waals surface area (Å²) in [6.45, 7) is 1.82. The van der Waals surface area contributed by atoms with Crippen molar-refractivity contribution < 1.29 is 28.2 Å². The van der Waals surface area contributed by atoms with Gasteiger partial charge in [0.15, 0.2) is 5.76 Å². The number of Topliss-reactive ketones (excluding diaryl/α,β-unsaturated/α-hetero) is 1. The average molecular weight is 376 g/mol. The van der Waals surface area contributed by atoms with Gasteiger partial charge in [-0.25, -0.2) is 4.79 Å². The first-order valence-electron chi connectivity index (χ1n) is 8.54. The summed E-state index contributed by atoms with van der Waals surface area (Å²) in [5.41, 5.74) is 0.783. The van der Waals surface area contributed by atoms with Crippen molar-refractivity contribution in [3.63, 3.8) is 0 Å². The van der Waals surface area contributed by atoms with Gasteiger partial charge in [-0.15, -0.1) is 0 Å². The highest BCUT2D eigenvalue weighted by atomic mass is 16.5. The van der Waals surface area contributed by atoms with Crippen molar-refractivity contribution in [3.8, 4) is 17.2 Å². The number of fused-ring (bicyclic) bond motifs is 1. The molecule has 1 aliphatic rings. The van der Waals surface area contributed by atoms with E-state index in [4.69, 9.17) is 18.6 Å². The number of benzene rings is 2. The van der Waals surface area contributed by atoms with E-state index in [0.717, 1.165) is 5.76 Å². The molecule has 2 aromatic carbocycles. The van der Waals surface area contributed by atoms with E-state index in [2.05, 4.69) is 0 Å². The number of methoxy groups -OCH3 is 1. The molecule has 0 atom stereocenters. The average Bonchev–Trinajstić information content (AvgIpc) is 3.25. The predicted molar refractivity (Wildman–Crippen MR) is 101 cm³/mol. The second kappa shape index (κ2) is 7.08. The molecule has 0 N–H and O–H groups in total. The second-order valence-corrected chi connectivity index (χ2v) is 6.16. The van der Waals surface area contributed by atoms with Crippen LogP contribution in [-0.4, -0.2) is 18.9 Å². The normalized spacial score (nSPS) is 13.9. The Morgan fingerprint density at radius 2 is 1.75 bits per heavy atom. The number of rotatable bonds is 4. The molecule has 6 heteroatoms. The van der Waals surface area contributed by atoms with Crippen LogP contribution in [0.2, 0.25) is 0 Å². The van der Waals surface area contributed by atoms with Gasteiger partial charge in [0.1, 0.15) is 28.8 Å². The molecule has 4 rings (SSSR count). The van der Waals surface area contributed by atoms with Crippen LogP contribution in [0, 0.1) is 6.92 Å². The van der Waals surface area contributed by atoms with Gasteiger partial charge in [0.25, 0.3) is 0 Å². The Hall–Kier alpha value is -3.80. The van der Waals surface area contributed by atoms with E-state index >= 15 is 0 Å². The molecular formula is C22H16O6. The number of furan rings is 1. The second-order valence-electron chi connectivity index (χ2n) is 6.16. The molecular weight excluding hydrogens is 360 g/mol. The maximum Gasteiger partial charge on any atom is 0.343 e. The molecule has 6 nitrogen and oxygen atoms in total. The zero-order valence-corrected chi connectivity index (χ0v) is 15.2. The highest BCUT2D eigenvalue weighted by Crippen LogP contribution is 2.35. The van der Waals surface area contributed by atoms with E-state index in [0.29, 0.717) is 28.4 Å². The Morgan fingerprint density at radius 3 is 2.43 bits per heavy atom. The minimum absolute atomic E-state index is 0.156. The van der Waals surface area contributed by atoms with Crippen LogP contribution in [0.3, 0.4) is 0 Å². The minimum Gasteiger partial charge on any atom is -0.497 e. The van der Waals surface area contributed by atoms with E-state index in [1.54, 1.807) is 61.7 Å². The molecule has 0 radical (unpaired) electrons. The Kier molecular flexibility index (Phi) is 4.45. The number of allylic oxidation sites excluding steroid dienone is 1. The summed E-state index contributed by atoms with van der Waals surface area (Å²) in [5.74, 6) is 1.91. The quantitative estimate of drug-likeness (QED) is 0.381. The van der Waals surface area contributed by atoms with Crippen LogP contribution in [-0.2, 0) is 0 Å². The Labute approximate surface area is 160 Å². The summed E-state index contributed by atoms with van der Waals surface area (Å²) in [4.78, 5) is 24.8. The van der Waals surface area contributed by atoms with Gasteiger partial charge in [0.05, 0.1) is 18.2 Å². The maximum absolute atomic E-state index is 12.5. The lowest BCUT2D eigenvalue weighted by molar-refractivity contribution is 0.0734. The predicted octanol–water partition coefficient (Wildman–Crippen LogP) is 4.43. The van der Waals surface area contributed by atoms with Gasteiger partial charge in [-0.3, -0.25) is 4.79 Å². The Balaban J connectivity index is 1.52. The van der Waals surface area contributed by atoms with Crippen molar-refractivity contribution in [2.75, 3.05) is 7.11 Å². The summed E-state index contributed by atoms with van der Waals surface area (Å²) in [5, 5.41) is 0. The fraction of sp³-hybridized carbons (Fsp3) is 0.0909. The number of esters is 1. The summed E-state index contributed by atoms with van der Waals surface area (Å²) >= 11 is 0. The van der Waals surface area contributed by atoms with Gasteiger partial charge in [-0.2, -0.15) is 0 Å². The zero-order valence-electron chi connectivity index (χ0n) is 15.2. The third-order valence-electron chi connectivity index (χ3n) is 4.21. The van der Waals surface area contributed by atoms with Gasteiger partial charge in [-0.1, -0.05) is 0 Å². The topological polar surface area (TPSA) is 75.0 Å². The lowest BCUT2D eigenvalue weighted by Crippen LogP contribution is -2.08. The number of ketones is 1. The standard InChI is InChI=1S/C22H16O6/c1-13-3-6-16(26-13)12-20-21(23)18-10-9-17(11-19(18)28-20)27-22(24)14-4-7-15(25-2)8-5-14/h3-12H,1-2H3/b20-12-. The van der Waals surface area contributed by atoms with Gasteiger partial charge in [0.2, 0.25) is 5.78 Å². The number of carbonyl (C=O) groups excluding carboxylic acids is 2. The van der Waals surface area contributed by atoms with Crippen LogP contribution < -0.4 is 14.2 Å². The first-order valence-corrected chi connectivity index (χ1v) is 8.54. The summed E-state index contributed by atoms with van der Waals surface area (Å²) in [6, 6.07) is 14.8. The molecule has 0 unspecified atom stereocenters. The number of aryl methyl sites for hydroxylation is 1. The van der Waals surface area contributed by atoms with Crippen LogP contribution in [0.25, 0.3) is 6.08 Å². The van der Waals surface area contributed by atoms with Crippen LogP contribution in [0.1, 0.15) is 32.2 Å². The third-order valence-corrected chi connectivity index (χ3v) is 4.21. The molecule has 28 heavy (non-hydrogen) atoms. The molecule has 0 fully saturated rings. The van der Waals surface area contributed by atoms with Crippen molar-refractivity contribution in [1.29, 1.82) is 0 Å². The summed E-state index contributed by atoms with van der Waals surface area (Å²) < 4.78 is 21.5. The fourth-order valence-electron chi connectivity index (χ4n) is 2.78. The van der Waals surface area contributed by atoms with E-state index in [1.165, 1.54) is 6.07 Å². The summed E-state index contributed by atoms with van der Waals surface area (Å²) in [6.07, 6.45) is 1.54. The van der Waals surface area contributed by atoms with Gasteiger partial charge in [0, 0.05) is 12.1 Å². The van der Waals surface area contributed by atoms with E-state index in [1.807, 2.05) is 6.92 Å². The van der Waals surface area contributed by atoms with Crippen molar-refractivity contribution in [2.24, 2.45) is 0 Å². The van der Waals surface area contributed by atoms with Gasteiger partial charge >= 0.3 is 5.97 Å². The van der Waals surface area contributed by atoms with Gasteiger partial charge in [-0.05, 0) is 55.5 Å². The number of hydrogen-bond acceptors (Lipinski definition) is 6. The van der Waals surface area contributed by atoms with Crippen molar-refractivity contribution in [3.05, 3.63) is 83.0 Å². The highest BCUT2D eigenvalue weighted by Gasteiger charge is 2.28. The van der Waals surface area contributed by atoms with E-state index in [-0.39, 0.29) is 17.3 Å². The lowest BCUT2D eigenvalue weighted by atomic mass is 10.1. The van der Waals surface area contributed by atoms with Crippen LogP contribution in [0.15, 0.2) is 64.8 Å². The van der Waals surface area contributed by atoms with E-state index < -0.39 is 5.97 Å². The smallest absolute Gasteiger partial charge is 0.343 e. The SMILES string of the molecule is COc1ccc(C(=O)Oc2ccc3c(c2)O/C(=C\c2ccc(C)o2)C3=O)cc1. The lowest BCUT2D eigenvalue weighted by Gasteiger charge is -2.06. The third kappa shape index (κ3) is 3.40. The minimum atomic E-state index is -0.520. The molecule has 0 amide bonds. The molecule has 0 saturated heterocycles. The van der Waals surface area contributed by atoms with Crippen molar-refractivity contribution in [1.82, 2.24) is 0 Å². The van der Waals surface area contributed by atoms with Crippen molar-refractivity contribution in [2.45, 2.75) is 6.92 Å². The molecule has 1 aromatic heterocycles. The monoisotopic (exact) mass is 376 g/mol. The molecule has 0 aliphatic carbocycles. The first kappa shape index (κ1) is 17.6. The largest absolute Gasteiger partial charge is 0.497 e. The van der Waals surface area contributed by atoms with Crippen LogP contribution >= 0.6 is 0 Å². The Bertz CT molecular complexity index is 1090. The maximum atomic E-state index is 12.5. The number of ether oxygens (including phenoxy) is 3. The molecule has 2 heterocycles. The first-order chi connectivity index (χ1) is 13.5. The molecule has 0 spiro atoms. The van der Waals surface area contributed by atoms with Crippen LogP contribution in [0.5, 0.6) is 17.2 Å². The van der Waals surface area contributed by atoms with Crippen LogP contribution in [0.4, 0.5) is 0 Å². The molecule has 140 valence electrons. The molecule has 0 bridgehead atoms. The number of carbonyl (C=O) groups is 2.